The van der Waals surface area contributed by atoms with E-state index in [1.165, 1.54) is 119 Å². The van der Waals surface area contributed by atoms with Gasteiger partial charge in [0.1, 0.15) is 38.9 Å². The zero-order valence-electron chi connectivity index (χ0n) is 32.1. The molecule has 0 saturated carbocycles. The van der Waals surface area contributed by atoms with Crippen LogP contribution in [0.4, 0.5) is 0 Å². The predicted octanol–water partition coefficient (Wildman–Crippen LogP) is 10.1. The van der Waals surface area contributed by atoms with Crippen molar-refractivity contribution in [2.45, 2.75) is 126 Å². The van der Waals surface area contributed by atoms with Crippen molar-refractivity contribution in [2.75, 3.05) is 0 Å². The van der Waals surface area contributed by atoms with Crippen LogP contribution >= 0.6 is 0 Å². The van der Waals surface area contributed by atoms with Gasteiger partial charge in [0.15, 0.2) is 0 Å². The van der Waals surface area contributed by atoms with Crippen LogP contribution in [-0.2, 0) is 33.1 Å². The van der Waals surface area contributed by atoms with E-state index in [1.54, 1.807) is 24.3 Å². The average Bonchev–Trinajstić information content (AvgIpc) is 3.13. The minimum Gasteiger partial charge on any atom is -0.872 e. The molecule has 0 aromatic heterocycles. The van der Waals surface area contributed by atoms with Crippen molar-refractivity contribution >= 4 is 58.0 Å². The smallest absolute Gasteiger partial charge is 0.872 e. The molecule has 4 aromatic rings. The first kappa shape index (κ1) is 48.3. The van der Waals surface area contributed by atoms with Crippen LogP contribution in [0.15, 0.2) is 94.7 Å². The maximum absolute atomic E-state index is 12.0. The molecule has 0 heterocycles. The van der Waals surface area contributed by atoms with Crippen molar-refractivity contribution in [3.05, 3.63) is 96.1 Å². The quantitative estimate of drug-likeness (QED) is 0.0441. The molecule has 2 N–H and O–H groups in total. The first-order valence-corrected chi connectivity index (χ1v) is 21.8. The molecule has 10 nitrogen and oxygen atoms in total. The van der Waals surface area contributed by atoms with E-state index in [0.29, 0.717) is 23.0 Å². The summed E-state index contributed by atoms with van der Waals surface area (Å²) in [5, 5.41) is 22.1. The van der Waals surface area contributed by atoms with E-state index in [1.807, 2.05) is 6.07 Å². The standard InChI is InChI=1S/2C21H28O5S.Ca/c2*1-2-3-4-5-6-7-8-9-17-16-19(12-15-21(17)22)26-18-10-13-20(14-11-18)27(23,24)25;/h2*10-16,22H,2-9H2,1H3,(H,23,24,25);/q;;+2/p-2. The van der Waals surface area contributed by atoms with Gasteiger partial charge in [-0.3, -0.25) is 4.55 Å². The van der Waals surface area contributed by atoms with Gasteiger partial charge in [0.2, 0.25) is 0 Å². The van der Waals surface area contributed by atoms with Gasteiger partial charge in [-0.2, -0.15) is 8.42 Å². The second kappa shape index (κ2) is 25.4. The number of aryl methyl sites for hydroxylation is 2. The topological polar surface area (TPSA) is 173 Å². The number of phenols is 1. The number of hydrogen-bond donors (Lipinski definition) is 2. The predicted molar refractivity (Wildman–Crippen MR) is 214 cm³/mol. The molecule has 0 fully saturated rings. The zero-order valence-corrected chi connectivity index (χ0v) is 35.9. The Morgan fingerprint density at radius 1 is 0.527 bits per heavy atom. The average molecular weight is 823 g/mol. The number of phenolic OH excluding ortho intramolecular Hbond substituents is 1. The molecule has 13 heteroatoms. The molecule has 0 spiro atoms. The van der Waals surface area contributed by atoms with Gasteiger partial charge < -0.3 is 24.2 Å². The Balaban J connectivity index is 0.000000373. The largest absolute Gasteiger partial charge is 2.00 e. The summed E-state index contributed by atoms with van der Waals surface area (Å²) in [5.74, 6) is 2.21. The fourth-order valence-electron chi connectivity index (χ4n) is 5.81. The van der Waals surface area contributed by atoms with E-state index >= 15 is 0 Å². The zero-order chi connectivity index (χ0) is 39.4. The van der Waals surface area contributed by atoms with Crippen LogP contribution in [0, 0.1) is 0 Å². The van der Waals surface area contributed by atoms with Crippen LogP contribution in [0.3, 0.4) is 0 Å². The van der Waals surface area contributed by atoms with Gasteiger partial charge in [0, 0.05) is 0 Å². The third-order valence-electron chi connectivity index (χ3n) is 8.89. The third kappa shape index (κ3) is 18.8. The molecular formula is C42H54CaO10S2. The Labute approximate surface area is 357 Å². The second-order valence-electron chi connectivity index (χ2n) is 13.4. The van der Waals surface area contributed by atoms with Crippen molar-refractivity contribution in [3.8, 4) is 34.5 Å². The first-order chi connectivity index (χ1) is 25.8. The number of ether oxygens (including phenoxy) is 2. The van der Waals surface area contributed by atoms with Crippen LogP contribution in [0.5, 0.6) is 34.5 Å². The van der Waals surface area contributed by atoms with E-state index in [-0.39, 0.29) is 59.0 Å². The molecule has 4 rings (SSSR count). The summed E-state index contributed by atoms with van der Waals surface area (Å²) in [7, 11) is -8.69. The normalized spacial score (nSPS) is 11.3. The van der Waals surface area contributed by atoms with Gasteiger partial charge in [0.05, 0.1) is 9.79 Å². The Bertz CT molecular complexity index is 1770. The molecule has 0 aliphatic carbocycles. The summed E-state index contributed by atoms with van der Waals surface area (Å²) < 4.78 is 75.4. The Hall–Kier alpha value is -2.84. The minimum atomic E-state index is -4.47. The van der Waals surface area contributed by atoms with Crippen molar-refractivity contribution in [1.29, 1.82) is 0 Å². The van der Waals surface area contributed by atoms with E-state index < -0.39 is 20.2 Å². The number of aromatic hydroxyl groups is 1. The van der Waals surface area contributed by atoms with Crippen LogP contribution in [0.25, 0.3) is 0 Å². The number of benzene rings is 4. The summed E-state index contributed by atoms with van der Waals surface area (Å²) >= 11 is 0. The number of rotatable bonds is 22. The third-order valence-corrected chi connectivity index (χ3v) is 10.6. The molecule has 296 valence electrons. The maximum atomic E-state index is 12.0. The van der Waals surface area contributed by atoms with E-state index in [2.05, 4.69) is 13.8 Å². The molecule has 4 aromatic carbocycles. The molecule has 0 aliphatic heterocycles. The maximum Gasteiger partial charge on any atom is 2.00 e. The fraction of sp³-hybridized carbons (Fsp3) is 0.429. The fourth-order valence-corrected chi connectivity index (χ4v) is 6.76. The SMILES string of the molecule is CCCCCCCCCc1cc(Oc2ccc(S(=O)(=O)O)cc2)ccc1O.CCCCCCCCCc1cc(Oc2ccc(S(=O)(=O)[O-])cc2)ccc1[O-].[Ca+2]. The van der Waals surface area contributed by atoms with Crippen LogP contribution in [0.1, 0.15) is 115 Å². The van der Waals surface area contributed by atoms with Gasteiger partial charge in [-0.05, 0) is 110 Å². The molecule has 0 radical (unpaired) electrons. The molecule has 0 bridgehead atoms. The molecule has 0 amide bonds. The van der Waals surface area contributed by atoms with E-state index in [9.17, 15) is 31.6 Å². The number of hydrogen-bond acceptors (Lipinski definition) is 9. The first-order valence-electron chi connectivity index (χ1n) is 18.9. The van der Waals surface area contributed by atoms with Gasteiger partial charge in [-0.15, -0.1) is 5.75 Å². The van der Waals surface area contributed by atoms with Crippen molar-refractivity contribution in [2.24, 2.45) is 0 Å². The molecule has 0 aliphatic rings. The Morgan fingerprint density at radius 3 is 1.36 bits per heavy atom. The summed E-state index contributed by atoms with van der Waals surface area (Å²) in [4.78, 5) is -0.482. The number of unbranched alkanes of at least 4 members (excludes halogenated alkanes) is 12. The van der Waals surface area contributed by atoms with E-state index in [0.717, 1.165) is 49.7 Å². The summed E-state index contributed by atoms with van der Waals surface area (Å²) in [6.45, 7) is 4.41. The van der Waals surface area contributed by atoms with Crippen LogP contribution in [-0.4, -0.2) is 68.8 Å². The molecule has 0 atom stereocenters. The van der Waals surface area contributed by atoms with Crippen molar-refractivity contribution < 1.29 is 45.6 Å². The summed E-state index contributed by atoms with van der Waals surface area (Å²) in [5.41, 5.74) is 1.57. The summed E-state index contributed by atoms with van der Waals surface area (Å²) in [6, 6.07) is 20.7. The Kier molecular flexibility index (Phi) is 22.3. The van der Waals surface area contributed by atoms with Gasteiger partial charge >= 0.3 is 37.7 Å². The summed E-state index contributed by atoms with van der Waals surface area (Å²) in [6.07, 6.45) is 18.3. The minimum absolute atomic E-state index is 0. The van der Waals surface area contributed by atoms with Crippen LogP contribution in [0.2, 0.25) is 0 Å². The Morgan fingerprint density at radius 2 is 0.909 bits per heavy atom. The monoisotopic (exact) mass is 822 g/mol. The van der Waals surface area contributed by atoms with Gasteiger partial charge in [0.25, 0.3) is 10.1 Å². The van der Waals surface area contributed by atoms with Crippen molar-refractivity contribution in [1.82, 2.24) is 0 Å². The molecule has 55 heavy (non-hydrogen) atoms. The van der Waals surface area contributed by atoms with Gasteiger partial charge in [-0.1, -0.05) is 103 Å². The van der Waals surface area contributed by atoms with Gasteiger partial charge in [-0.25, -0.2) is 8.42 Å². The van der Waals surface area contributed by atoms with E-state index in [4.69, 9.17) is 14.0 Å². The van der Waals surface area contributed by atoms with Crippen LogP contribution < -0.4 is 14.6 Å². The van der Waals surface area contributed by atoms with Crippen molar-refractivity contribution in [3.63, 3.8) is 0 Å². The molecule has 0 unspecified atom stereocenters. The molecule has 0 saturated heterocycles. The second-order valence-corrected chi connectivity index (χ2v) is 16.2. The molecular weight excluding hydrogens is 769 g/mol.